The van der Waals surface area contributed by atoms with Crippen molar-refractivity contribution in [2.75, 3.05) is 5.88 Å². The molecule has 0 saturated carbocycles. The van der Waals surface area contributed by atoms with E-state index in [0.29, 0.717) is 5.88 Å². The van der Waals surface area contributed by atoms with Gasteiger partial charge in [0.2, 0.25) is 0 Å². The highest BCUT2D eigenvalue weighted by Crippen LogP contribution is 2.17. The molecule has 0 aromatic carbocycles. The summed E-state index contributed by atoms with van der Waals surface area (Å²) in [7, 11) is 0. The maximum absolute atomic E-state index is 5.58. The lowest BCUT2D eigenvalue weighted by Gasteiger charge is -1.93. The average Bonchev–Trinajstić information content (AvgIpc) is 2.47. The maximum Gasteiger partial charge on any atom is 0.0901 e. The maximum atomic E-state index is 5.58. The van der Waals surface area contributed by atoms with Gasteiger partial charge in [-0.2, -0.15) is 0 Å². The first-order valence-corrected chi connectivity index (χ1v) is 5.30. The second kappa shape index (κ2) is 4.63. The zero-order chi connectivity index (χ0) is 8.97. The lowest BCUT2D eigenvalue weighted by molar-refractivity contribution is 1.21. The predicted molar refractivity (Wildman–Crippen MR) is 55.8 cm³/mol. The van der Waals surface area contributed by atoms with Crippen LogP contribution >= 0.6 is 22.9 Å². The minimum absolute atomic E-state index is 0.681. The zero-order valence-corrected chi connectivity index (χ0v) is 8.87. The third kappa shape index (κ3) is 2.61. The number of hydrogen-bond donors (Lipinski definition) is 0. The van der Waals surface area contributed by atoms with Crippen LogP contribution in [0.1, 0.15) is 24.0 Å². The van der Waals surface area contributed by atoms with Gasteiger partial charge >= 0.3 is 0 Å². The normalized spacial score (nSPS) is 12.1. The van der Waals surface area contributed by atoms with Gasteiger partial charge in [-0.3, -0.25) is 0 Å². The largest absolute Gasteiger partial charge is 0.242 e. The number of nitrogens with zero attached hydrogens (tertiary/aromatic N) is 1. The minimum Gasteiger partial charge on any atom is -0.242 e. The second-order valence-electron chi connectivity index (χ2n) is 2.62. The van der Waals surface area contributed by atoms with Gasteiger partial charge in [-0.25, -0.2) is 4.98 Å². The Morgan fingerprint density at radius 3 is 3.00 bits per heavy atom. The Kier molecular flexibility index (Phi) is 3.76. The van der Waals surface area contributed by atoms with Crippen LogP contribution in [0.2, 0.25) is 0 Å². The first kappa shape index (κ1) is 9.75. The van der Waals surface area contributed by atoms with Crippen molar-refractivity contribution in [3.05, 3.63) is 22.2 Å². The fourth-order valence-corrected chi connectivity index (χ4v) is 1.70. The van der Waals surface area contributed by atoms with E-state index in [4.69, 9.17) is 11.6 Å². The van der Waals surface area contributed by atoms with Crippen LogP contribution in [0.5, 0.6) is 0 Å². The van der Waals surface area contributed by atoms with Gasteiger partial charge < -0.3 is 0 Å². The predicted octanol–water partition coefficient (Wildman–Crippen LogP) is 3.48. The molecule has 0 saturated heterocycles. The number of allylic oxidation sites excluding steroid dienone is 2. The van der Waals surface area contributed by atoms with Gasteiger partial charge in [0.1, 0.15) is 0 Å². The number of rotatable bonds is 3. The standard InChI is InChI=1S/C9H12ClNS/c1-7(4-3-5-10)9-6-12-8(2)11-9/h4,6H,3,5H2,1-2H3/b7-4+. The summed E-state index contributed by atoms with van der Waals surface area (Å²) in [6.07, 6.45) is 3.05. The molecule has 0 amide bonds. The summed E-state index contributed by atoms with van der Waals surface area (Å²) in [6.45, 7) is 4.09. The van der Waals surface area contributed by atoms with E-state index in [1.54, 1.807) is 11.3 Å². The van der Waals surface area contributed by atoms with Crippen molar-refractivity contribution in [2.45, 2.75) is 20.3 Å². The first-order chi connectivity index (χ1) is 5.74. The third-order valence-electron chi connectivity index (χ3n) is 1.58. The minimum atomic E-state index is 0.681. The molecule has 1 aromatic heterocycles. The fraction of sp³-hybridized carbons (Fsp3) is 0.444. The van der Waals surface area contributed by atoms with Gasteiger partial charge in [-0.15, -0.1) is 22.9 Å². The lowest BCUT2D eigenvalue weighted by atomic mass is 10.2. The van der Waals surface area contributed by atoms with Crippen LogP contribution in [0, 0.1) is 6.92 Å². The number of alkyl halides is 1. The van der Waals surface area contributed by atoms with E-state index in [9.17, 15) is 0 Å². The number of aryl methyl sites for hydroxylation is 1. The highest BCUT2D eigenvalue weighted by Gasteiger charge is 1.98. The van der Waals surface area contributed by atoms with Gasteiger partial charge in [-0.05, 0) is 25.8 Å². The molecular formula is C9H12ClNS. The van der Waals surface area contributed by atoms with Gasteiger partial charge in [0, 0.05) is 11.3 Å². The highest BCUT2D eigenvalue weighted by atomic mass is 35.5. The Bertz CT molecular complexity index is 278. The first-order valence-electron chi connectivity index (χ1n) is 3.89. The molecule has 0 aliphatic heterocycles. The van der Waals surface area contributed by atoms with Crippen molar-refractivity contribution in [3.8, 4) is 0 Å². The Labute approximate surface area is 82.1 Å². The molecule has 0 radical (unpaired) electrons. The molecule has 0 bridgehead atoms. The molecule has 0 aliphatic carbocycles. The summed E-state index contributed by atoms with van der Waals surface area (Å²) in [5, 5.41) is 3.19. The Morgan fingerprint density at radius 2 is 2.50 bits per heavy atom. The molecular weight excluding hydrogens is 190 g/mol. The molecule has 0 N–H and O–H groups in total. The zero-order valence-electron chi connectivity index (χ0n) is 7.30. The summed E-state index contributed by atoms with van der Waals surface area (Å²) in [5.74, 6) is 0.681. The number of aromatic nitrogens is 1. The molecule has 1 heterocycles. The third-order valence-corrected chi connectivity index (χ3v) is 2.57. The summed E-state index contributed by atoms with van der Waals surface area (Å²) in [6, 6.07) is 0. The molecule has 3 heteroatoms. The SMILES string of the molecule is C/C(=C\CCCl)c1csc(C)n1. The molecule has 66 valence electrons. The van der Waals surface area contributed by atoms with Crippen molar-refractivity contribution in [1.29, 1.82) is 0 Å². The van der Waals surface area contributed by atoms with Crippen LogP contribution in [0.25, 0.3) is 5.57 Å². The Balaban J connectivity index is 2.70. The van der Waals surface area contributed by atoms with Gasteiger partial charge in [0.15, 0.2) is 0 Å². The number of thiazole rings is 1. The fourth-order valence-electron chi connectivity index (χ4n) is 0.920. The van der Waals surface area contributed by atoms with Crippen LogP contribution in [0.15, 0.2) is 11.5 Å². The van der Waals surface area contributed by atoms with Crippen LogP contribution in [-0.4, -0.2) is 10.9 Å². The monoisotopic (exact) mass is 201 g/mol. The van der Waals surface area contributed by atoms with E-state index >= 15 is 0 Å². The molecule has 0 spiro atoms. The summed E-state index contributed by atoms with van der Waals surface area (Å²) >= 11 is 7.26. The molecule has 0 fully saturated rings. The molecule has 1 nitrogen and oxygen atoms in total. The highest BCUT2D eigenvalue weighted by molar-refractivity contribution is 7.09. The van der Waals surface area contributed by atoms with Crippen molar-refractivity contribution < 1.29 is 0 Å². The summed E-state index contributed by atoms with van der Waals surface area (Å²) in [4.78, 5) is 4.37. The van der Waals surface area contributed by atoms with E-state index in [1.807, 2.05) is 6.92 Å². The van der Waals surface area contributed by atoms with Gasteiger partial charge in [-0.1, -0.05) is 6.08 Å². The molecule has 0 unspecified atom stereocenters. The van der Waals surface area contributed by atoms with Crippen molar-refractivity contribution >= 4 is 28.5 Å². The number of halogens is 1. The average molecular weight is 202 g/mol. The van der Waals surface area contributed by atoms with E-state index < -0.39 is 0 Å². The van der Waals surface area contributed by atoms with Crippen molar-refractivity contribution in [3.63, 3.8) is 0 Å². The van der Waals surface area contributed by atoms with Crippen LogP contribution in [-0.2, 0) is 0 Å². The van der Waals surface area contributed by atoms with E-state index in [1.165, 1.54) is 5.57 Å². The van der Waals surface area contributed by atoms with Gasteiger partial charge in [0.05, 0.1) is 10.7 Å². The van der Waals surface area contributed by atoms with Crippen molar-refractivity contribution in [1.82, 2.24) is 4.98 Å². The number of hydrogen-bond acceptors (Lipinski definition) is 2. The summed E-state index contributed by atoms with van der Waals surface area (Å²) in [5.41, 5.74) is 2.31. The van der Waals surface area contributed by atoms with E-state index in [-0.39, 0.29) is 0 Å². The van der Waals surface area contributed by atoms with Crippen LogP contribution in [0.3, 0.4) is 0 Å². The molecule has 1 aromatic rings. The van der Waals surface area contributed by atoms with Gasteiger partial charge in [0.25, 0.3) is 0 Å². The molecule has 1 rings (SSSR count). The second-order valence-corrected chi connectivity index (χ2v) is 4.06. The Hall–Kier alpha value is -0.340. The summed E-state index contributed by atoms with van der Waals surface area (Å²) < 4.78 is 0. The molecule has 0 atom stereocenters. The lowest BCUT2D eigenvalue weighted by Crippen LogP contribution is -1.80. The Morgan fingerprint density at radius 1 is 1.75 bits per heavy atom. The van der Waals surface area contributed by atoms with Crippen molar-refractivity contribution in [2.24, 2.45) is 0 Å². The molecule has 12 heavy (non-hydrogen) atoms. The topological polar surface area (TPSA) is 12.9 Å². The van der Waals surface area contributed by atoms with E-state index in [0.717, 1.165) is 17.1 Å². The quantitative estimate of drug-likeness (QED) is 0.683. The van der Waals surface area contributed by atoms with Crippen LogP contribution < -0.4 is 0 Å². The van der Waals surface area contributed by atoms with E-state index in [2.05, 4.69) is 23.4 Å². The molecule has 0 aliphatic rings. The smallest absolute Gasteiger partial charge is 0.0901 e. The van der Waals surface area contributed by atoms with Crippen LogP contribution in [0.4, 0.5) is 0 Å².